The molecule has 0 heterocycles. The van der Waals surface area contributed by atoms with E-state index in [2.05, 4.69) is 12.2 Å². The lowest BCUT2D eigenvalue weighted by molar-refractivity contribution is -0.136. The van der Waals surface area contributed by atoms with Crippen LogP contribution in [-0.2, 0) is 11.2 Å². The number of ether oxygens (including phenoxy) is 2. The zero-order valence-electron chi connectivity index (χ0n) is 15.9. The van der Waals surface area contributed by atoms with E-state index in [9.17, 15) is 9.59 Å². The Morgan fingerprint density at radius 1 is 0.862 bits per heavy atom. The van der Waals surface area contributed by atoms with Crippen molar-refractivity contribution in [3.63, 3.8) is 0 Å². The molecular formula is C23H20ClNO4. The molecule has 0 fully saturated rings. The lowest BCUT2D eigenvalue weighted by Gasteiger charge is -2.08. The van der Waals surface area contributed by atoms with E-state index in [0.717, 1.165) is 6.42 Å². The van der Waals surface area contributed by atoms with Crippen LogP contribution in [0.25, 0.3) is 0 Å². The monoisotopic (exact) mass is 409 g/mol. The number of rotatable bonds is 7. The van der Waals surface area contributed by atoms with Crippen molar-refractivity contribution < 1.29 is 19.1 Å². The SMILES string of the molecule is CCc1ccc(OCC(=O)Oc2ccc(C(=O)Nc3ccc(Cl)cc3)cc2)cc1. The maximum atomic E-state index is 12.3. The van der Waals surface area contributed by atoms with Crippen LogP contribution >= 0.6 is 11.6 Å². The Hall–Kier alpha value is -3.31. The third-order valence-electron chi connectivity index (χ3n) is 4.14. The van der Waals surface area contributed by atoms with Crippen LogP contribution in [0.15, 0.2) is 72.8 Å². The fourth-order valence-electron chi connectivity index (χ4n) is 2.54. The smallest absolute Gasteiger partial charge is 0.349 e. The molecule has 3 rings (SSSR count). The van der Waals surface area contributed by atoms with E-state index in [0.29, 0.717) is 27.8 Å². The van der Waals surface area contributed by atoms with Gasteiger partial charge in [0.1, 0.15) is 11.5 Å². The maximum absolute atomic E-state index is 12.3. The molecule has 148 valence electrons. The fourth-order valence-corrected chi connectivity index (χ4v) is 2.66. The number of hydrogen-bond donors (Lipinski definition) is 1. The molecule has 5 nitrogen and oxygen atoms in total. The average molecular weight is 410 g/mol. The van der Waals surface area contributed by atoms with Crippen molar-refractivity contribution in [1.82, 2.24) is 0 Å². The van der Waals surface area contributed by atoms with Crippen LogP contribution in [-0.4, -0.2) is 18.5 Å². The quantitative estimate of drug-likeness (QED) is 0.433. The fraction of sp³-hybridized carbons (Fsp3) is 0.130. The second-order valence-corrected chi connectivity index (χ2v) is 6.68. The number of nitrogens with one attached hydrogen (secondary N) is 1. The molecule has 6 heteroatoms. The van der Waals surface area contributed by atoms with Crippen molar-refractivity contribution in [2.24, 2.45) is 0 Å². The number of carbonyl (C=O) groups excluding carboxylic acids is 2. The summed E-state index contributed by atoms with van der Waals surface area (Å²) in [6.45, 7) is 1.87. The highest BCUT2D eigenvalue weighted by molar-refractivity contribution is 6.30. The number of halogens is 1. The minimum absolute atomic E-state index is 0.204. The molecule has 1 N–H and O–H groups in total. The summed E-state index contributed by atoms with van der Waals surface area (Å²) in [5.41, 5.74) is 2.27. The van der Waals surface area contributed by atoms with E-state index in [-0.39, 0.29) is 12.5 Å². The molecule has 0 radical (unpaired) electrons. The van der Waals surface area contributed by atoms with Gasteiger partial charge in [-0.1, -0.05) is 30.7 Å². The Labute approximate surface area is 174 Å². The van der Waals surface area contributed by atoms with Gasteiger partial charge in [-0.15, -0.1) is 0 Å². The number of hydrogen-bond acceptors (Lipinski definition) is 4. The molecule has 0 saturated heterocycles. The van der Waals surface area contributed by atoms with Gasteiger partial charge in [-0.25, -0.2) is 4.79 Å². The van der Waals surface area contributed by atoms with Crippen molar-refractivity contribution >= 4 is 29.2 Å². The Kier molecular flexibility index (Phi) is 6.87. The molecule has 0 spiro atoms. The molecule has 3 aromatic carbocycles. The molecule has 0 bridgehead atoms. The number of anilines is 1. The van der Waals surface area contributed by atoms with Crippen LogP contribution < -0.4 is 14.8 Å². The van der Waals surface area contributed by atoms with Gasteiger partial charge in [-0.05, 0) is 72.6 Å². The van der Waals surface area contributed by atoms with Gasteiger partial charge in [0.25, 0.3) is 5.91 Å². The van der Waals surface area contributed by atoms with Crippen molar-refractivity contribution in [2.45, 2.75) is 13.3 Å². The third kappa shape index (κ3) is 6.09. The van der Waals surface area contributed by atoms with E-state index in [4.69, 9.17) is 21.1 Å². The Morgan fingerprint density at radius 3 is 2.10 bits per heavy atom. The summed E-state index contributed by atoms with van der Waals surface area (Å²) in [6, 6.07) is 20.6. The Morgan fingerprint density at radius 2 is 1.48 bits per heavy atom. The molecule has 0 saturated carbocycles. The van der Waals surface area contributed by atoms with Crippen molar-refractivity contribution in [3.8, 4) is 11.5 Å². The van der Waals surface area contributed by atoms with E-state index in [1.165, 1.54) is 5.56 Å². The van der Waals surface area contributed by atoms with Crippen LogP contribution in [0.4, 0.5) is 5.69 Å². The number of benzene rings is 3. The van der Waals surface area contributed by atoms with Gasteiger partial charge in [0.2, 0.25) is 0 Å². The number of aryl methyl sites for hydroxylation is 1. The lowest BCUT2D eigenvalue weighted by atomic mass is 10.2. The first-order valence-electron chi connectivity index (χ1n) is 9.13. The topological polar surface area (TPSA) is 64.6 Å². The second-order valence-electron chi connectivity index (χ2n) is 6.25. The summed E-state index contributed by atoms with van der Waals surface area (Å²) in [6.07, 6.45) is 0.941. The Balaban J connectivity index is 1.50. The molecular weight excluding hydrogens is 390 g/mol. The summed E-state index contributed by atoms with van der Waals surface area (Å²) in [5.74, 6) is 0.142. The van der Waals surface area contributed by atoms with Crippen LogP contribution in [0.5, 0.6) is 11.5 Å². The molecule has 0 atom stereocenters. The molecule has 0 aliphatic heterocycles. The molecule has 0 aliphatic carbocycles. The zero-order chi connectivity index (χ0) is 20.6. The van der Waals surface area contributed by atoms with E-state index < -0.39 is 5.97 Å². The van der Waals surface area contributed by atoms with Gasteiger partial charge in [0.15, 0.2) is 6.61 Å². The summed E-state index contributed by atoms with van der Waals surface area (Å²) >= 11 is 5.83. The van der Waals surface area contributed by atoms with E-state index >= 15 is 0 Å². The van der Waals surface area contributed by atoms with Crippen LogP contribution in [0.1, 0.15) is 22.8 Å². The van der Waals surface area contributed by atoms with Crippen molar-refractivity contribution in [3.05, 3.63) is 88.9 Å². The van der Waals surface area contributed by atoms with Gasteiger partial charge in [-0.2, -0.15) is 0 Å². The summed E-state index contributed by atoms with van der Waals surface area (Å²) < 4.78 is 10.7. The average Bonchev–Trinajstić information content (AvgIpc) is 2.75. The zero-order valence-corrected chi connectivity index (χ0v) is 16.6. The van der Waals surface area contributed by atoms with Gasteiger partial charge in [0.05, 0.1) is 0 Å². The molecule has 0 unspecified atom stereocenters. The minimum atomic E-state index is -0.525. The molecule has 0 aliphatic rings. The van der Waals surface area contributed by atoms with Gasteiger partial charge < -0.3 is 14.8 Å². The lowest BCUT2D eigenvalue weighted by Crippen LogP contribution is -2.18. The molecule has 3 aromatic rings. The second kappa shape index (κ2) is 9.75. The number of amides is 1. The minimum Gasteiger partial charge on any atom is -0.482 e. The van der Waals surface area contributed by atoms with Crippen LogP contribution in [0, 0.1) is 0 Å². The highest BCUT2D eigenvalue weighted by Gasteiger charge is 2.09. The largest absolute Gasteiger partial charge is 0.482 e. The Bertz CT molecular complexity index is 967. The van der Waals surface area contributed by atoms with Gasteiger partial charge in [0, 0.05) is 16.3 Å². The van der Waals surface area contributed by atoms with Crippen molar-refractivity contribution in [2.75, 3.05) is 11.9 Å². The maximum Gasteiger partial charge on any atom is 0.349 e. The molecule has 1 amide bonds. The van der Waals surface area contributed by atoms with Gasteiger partial charge >= 0.3 is 5.97 Å². The summed E-state index contributed by atoms with van der Waals surface area (Å²) in [7, 11) is 0. The highest BCUT2D eigenvalue weighted by Crippen LogP contribution is 2.17. The highest BCUT2D eigenvalue weighted by atomic mass is 35.5. The molecule has 0 aromatic heterocycles. The number of carbonyl (C=O) groups is 2. The first-order chi connectivity index (χ1) is 14.0. The number of esters is 1. The van der Waals surface area contributed by atoms with Crippen LogP contribution in [0.3, 0.4) is 0 Å². The first kappa shape index (κ1) is 20.4. The summed E-state index contributed by atoms with van der Waals surface area (Å²) in [5, 5.41) is 3.36. The first-order valence-corrected chi connectivity index (χ1v) is 9.50. The van der Waals surface area contributed by atoms with E-state index in [1.54, 1.807) is 48.5 Å². The van der Waals surface area contributed by atoms with E-state index in [1.807, 2.05) is 24.3 Å². The summed E-state index contributed by atoms with van der Waals surface area (Å²) in [4.78, 5) is 24.2. The predicted molar refractivity (Wildman–Crippen MR) is 113 cm³/mol. The third-order valence-corrected chi connectivity index (χ3v) is 4.39. The van der Waals surface area contributed by atoms with Gasteiger partial charge in [-0.3, -0.25) is 4.79 Å². The van der Waals surface area contributed by atoms with Crippen molar-refractivity contribution in [1.29, 1.82) is 0 Å². The molecule has 29 heavy (non-hydrogen) atoms. The standard InChI is InChI=1S/C23H20ClNO4/c1-2-16-3-11-20(12-4-16)28-15-22(26)29-21-13-5-17(6-14-21)23(27)25-19-9-7-18(24)8-10-19/h3-14H,2,15H2,1H3,(H,25,27). The predicted octanol–water partition coefficient (Wildman–Crippen LogP) is 5.14. The van der Waals surface area contributed by atoms with Crippen LogP contribution in [0.2, 0.25) is 5.02 Å². The normalized spacial score (nSPS) is 10.3.